The Morgan fingerprint density at radius 2 is 1.95 bits per heavy atom. The number of primary sulfonamides is 1. The van der Waals surface area contributed by atoms with E-state index in [4.69, 9.17) is 5.14 Å². The number of rotatable bonds is 8. The fraction of sp³-hybridized carbons (Fsp3) is 0.500. The lowest BCUT2D eigenvalue weighted by Crippen LogP contribution is -2.43. The van der Waals surface area contributed by atoms with E-state index in [-0.39, 0.29) is 17.0 Å². The van der Waals surface area contributed by atoms with Crippen molar-refractivity contribution < 1.29 is 13.2 Å². The van der Waals surface area contributed by atoms with Crippen molar-refractivity contribution in [2.24, 2.45) is 5.14 Å². The Hall–Kier alpha value is -1.25. The number of nitrogens with two attached hydrogens (primary N) is 1. The third-order valence-electron chi connectivity index (χ3n) is 3.15. The van der Waals surface area contributed by atoms with Gasteiger partial charge in [-0.2, -0.15) is 11.8 Å². The van der Waals surface area contributed by atoms with Crippen molar-refractivity contribution in [1.82, 2.24) is 10.6 Å². The van der Waals surface area contributed by atoms with E-state index in [0.717, 1.165) is 17.7 Å². The van der Waals surface area contributed by atoms with Crippen LogP contribution in [0.15, 0.2) is 29.2 Å². The minimum absolute atomic E-state index is 0.0878. The maximum absolute atomic E-state index is 11.7. The summed E-state index contributed by atoms with van der Waals surface area (Å²) >= 11 is 1.70. The number of carbonyl (C=O) groups is 1. The number of hydrogen-bond donors (Lipinski definition) is 3. The first-order chi connectivity index (χ1) is 10.4. The molecule has 0 heterocycles. The molecule has 0 saturated heterocycles. The maximum atomic E-state index is 11.7. The number of carbonyl (C=O) groups excluding carboxylic acids is 1. The molecular formula is C14H23N3O3S2. The largest absolute Gasteiger partial charge is 0.338 e. The van der Waals surface area contributed by atoms with Gasteiger partial charge in [-0.05, 0) is 36.8 Å². The molecule has 1 rings (SSSR count). The van der Waals surface area contributed by atoms with Gasteiger partial charge in [0.05, 0.1) is 4.90 Å². The second kappa shape index (κ2) is 9.02. The lowest BCUT2D eigenvalue weighted by molar-refractivity contribution is 0.238. The molecule has 0 bridgehead atoms. The predicted octanol–water partition coefficient (Wildman–Crippen LogP) is 1.32. The van der Waals surface area contributed by atoms with Gasteiger partial charge in [-0.3, -0.25) is 0 Å². The SMILES string of the molecule is CCC(CSC)NC(=O)NCCc1ccc(S(N)(=O)=O)cc1. The van der Waals surface area contributed by atoms with Gasteiger partial charge in [-0.1, -0.05) is 19.1 Å². The van der Waals surface area contributed by atoms with Gasteiger partial charge in [0.25, 0.3) is 0 Å². The molecule has 0 saturated carbocycles. The van der Waals surface area contributed by atoms with Crippen LogP contribution in [-0.2, 0) is 16.4 Å². The zero-order valence-corrected chi connectivity index (χ0v) is 14.5. The summed E-state index contributed by atoms with van der Waals surface area (Å²) in [6.45, 7) is 2.52. The summed E-state index contributed by atoms with van der Waals surface area (Å²) in [6.07, 6.45) is 3.52. The summed E-state index contributed by atoms with van der Waals surface area (Å²) in [4.78, 5) is 11.8. The molecule has 1 aromatic rings. The molecule has 0 radical (unpaired) electrons. The fourth-order valence-electron chi connectivity index (χ4n) is 1.87. The summed E-state index contributed by atoms with van der Waals surface area (Å²) in [5, 5.41) is 10.7. The zero-order chi connectivity index (χ0) is 16.6. The third-order valence-corrected chi connectivity index (χ3v) is 4.81. The number of thioether (sulfide) groups is 1. The highest BCUT2D eigenvalue weighted by molar-refractivity contribution is 7.98. The first-order valence-corrected chi connectivity index (χ1v) is 9.96. The van der Waals surface area contributed by atoms with Crippen LogP contribution in [0.5, 0.6) is 0 Å². The predicted molar refractivity (Wildman–Crippen MR) is 90.5 cm³/mol. The summed E-state index contributed by atoms with van der Waals surface area (Å²) in [6, 6.07) is 6.32. The van der Waals surface area contributed by atoms with E-state index in [1.807, 2.05) is 13.2 Å². The minimum Gasteiger partial charge on any atom is -0.338 e. The minimum atomic E-state index is -3.66. The van der Waals surface area contributed by atoms with Crippen LogP contribution in [0.1, 0.15) is 18.9 Å². The lowest BCUT2D eigenvalue weighted by atomic mass is 10.1. The summed E-state index contributed by atoms with van der Waals surface area (Å²) in [5.74, 6) is 0.888. The highest BCUT2D eigenvalue weighted by Gasteiger charge is 2.09. The van der Waals surface area contributed by atoms with Crippen LogP contribution < -0.4 is 15.8 Å². The smallest absolute Gasteiger partial charge is 0.315 e. The van der Waals surface area contributed by atoms with Crippen LogP contribution in [-0.4, -0.2) is 39.0 Å². The maximum Gasteiger partial charge on any atom is 0.315 e. The number of hydrogen-bond acceptors (Lipinski definition) is 4. The Bertz CT molecular complexity index is 574. The van der Waals surface area contributed by atoms with Gasteiger partial charge in [0.2, 0.25) is 10.0 Å². The van der Waals surface area contributed by atoms with E-state index in [2.05, 4.69) is 10.6 Å². The molecule has 0 fully saturated rings. The van der Waals surface area contributed by atoms with Crippen molar-refractivity contribution in [3.8, 4) is 0 Å². The normalized spacial score (nSPS) is 12.7. The van der Waals surface area contributed by atoms with E-state index in [1.54, 1.807) is 23.9 Å². The molecule has 4 N–H and O–H groups in total. The molecule has 0 spiro atoms. The average Bonchev–Trinajstić information content (AvgIpc) is 2.46. The molecule has 124 valence electrons. The van der Waals surface area contributed by atoms with Gasteiger partial charge in [0, 0.05) is 18.3 Å². The molecule has 0 aliphatic heterocycles. The second-order valence-electron chi connectivity index (χ2n) is 4.90. The van der Waals surface area contributed by atoms with Crippen molar-refractivity contribution in [1.29, 1.82) is 0 Å². The molecule has 8 heteroatoms. The summed E-state index contributed by atoms with van der Waals surface area (Å²) < 4.78 is 22.3. The molecular weight excluding hydrogens is 322 g/mol. The van der Waals surface area contributed by atoms with Crippen LogP contribution in [0.4, 0.5) is 4.79 Å². The summed E-state index contributed by atoms with van der Waals surface area (Å²) in [5.41, 5.74) is 0.934. The van der Waals surface area contributed by atoms with Crippen molar-refractivity contribution in [2.75, 3.05) is 18.6 Å². The van der Waals surface area contributed by atoms with Gasteiger partial charge in [-0.15, -0.1) is 0 Å². The number of amides is 2. The Morgan fingerprint density at radius 3 is 2.45 bits per heavy atom. The van der Waals surface area contributed by atoms with Gasteiger partial charge in [0.1, 0.15) is 0 Å². The molecule has 6 nitrogen and oxygen atoms in total. The number of nitrogens with one attached hydrogen (secondary N) is 2. The molecule has 2 amide bonds. The van der Waals surface area contributed by atoms with Crippen LogP contribution >= 0.6 is 11.8 Å². The van der Waals surface area contributed by atoms with E-state index in [9.17, 15) is 13.2 Å². The van der Waals surface area contributed by atoms with Crippen molar-refractivity contribution in [2.45, 2.75) is 30.7 Å². The summed E-state index contributed by atoms with van der Waals surface area (Å²) in [7, 11) is -3.66. The number of sulfonamides is 1. The van der Waals surface area contributed by atoms with Crippen LogP contribution in [0.25, 0.3) is 0 Å². The Balaban J connectivity index is 2.39. The van der Waals surface area contributed by atoms with Crippen LogP contribution in [0, 0.1) is 0 Å². The van der Waals surface area contributed by atoms with E-state index in [0.29, 0.717) is 13.0 Å². The van der Waals surface area contributed by atoms with Gasteiger partial charge >= 0.3 is 6.03 Å². The molecule has 1 atom stereocenters. The molecule has 22 heavy (non-hydrogen) atoms. The van der Waals surface area contributed by atoms with E-state index < -0.39 is 10.0 Å². The second-order valence-corrected chi connectivity index (χ2v) is 7.37. The van der Waals surface area contributed by atoms with Crippen molar-refractivity contribution in [3.63, 3.8) is 0 Å². The Labute approximate surface area is 136 Å². The highest BCUT2D eigenvalue weighted by Crippen LogP contribution is 2.08. The van der Waals surface area contributed by atoms with Crippen LogP contribution in [0.2, 0.25) is 0 Å². The molecule has 0 aliphatic rings. The number of urea groups is 1. The van der Waals surface area contributed by atoms with Gasteiger partial charge in [0.15, 0.2) is 0 Å². The third kappa shape index (κ3) is 6.67. The molecule has 1 aromatic carbocycles. The first kappa shape index (κ1) is 18.8. The van der Waals surface area contributed by atoms with E-state index >= 15 is 0 Å². The monoisotopic (exact) mass is 345 g/mol. The standard InChI is InChI=1S/C14H23N3O3S2/c1-3-12(10-21-2)17-14(18)16-9-8-11-4-6-13(7-5-11)22(15,19)20/h4-7,12H,3,8-10H2,1-2H3,(H2,15,19,20)(H2,16,17,18). The average molecular weight is 345 g/mol. The molecule has 0 aliphatic carbocycles. The quantitative estimate of drug-likeness (QED) is 0.661. The highest BCUT2D eigenvalue weighted by atomic mass is 32.2. The number of benzene rings is 1. The van der Waals surface area contributed by atoms with Crippen LogP contribution in [0.3, 0.4) is 0 Å². The topological polar surface area (TPSA) is 101 Å². The van der Waals surface area contributed by atoms with Crippen molar-refractivity contribution >= 4 is 27.8 Å². The first-order valence-electron chi connectivity index (χ1n) is 7.01. The molecule has 1 unspecified atom stereocenters. The van der Waals surface area contributed by atoms with E-state index in [1.165, 1.54) is 12.1 Å². The lowest BCUT2D eigenvalue weighted by Gasteiger charge is -2.16. The zero-order valence-electron chi connectivity index (χ0n) is 12.8. The van der Waals surface area contributed by atoms with Crippen molar-refractivity contribution in [3.05, 3.63) is 29.8 Å². The Kier molecular flexibility index (Phi) is 7.70. The Morgan fingerprint density at radius 1 is 1.32 bits per heavy atom. The van der Waals surface area contributed by atoms with Gasteiger partial charge in [-0.25, -0.2) is 18.4 Å². The van der Waals surface area contributed by atoms with Gasteiger partial charge < -0.3 is 10.6 Å². The fourth-order valence-corrected chi connectivity index (χ4v) is 3.10. The molecule has 0 aromatic heterocycles.